The zero-order valence-corrected chi connectivity index (χ0v) is 10.9. The molecule has 0 amide bonds. The van der Waals surface area contributed by atoms with Crippen molar-refractivity contribution < 1.29 is 22.5 Å². The van der Waals surface area contributed by atoms with Crippen molar-refractivity contribution in [3.8, 4) is 0 Å². The highest BCUT2D eigenvalue weighted by atomic mass is 32.2. The van der Waals surface area contributed by atoms with E-state index < -0.39 is 28.2 Å². The minimum atomic E-state index is -4.49. The molecule has 1 aromatic heterocycles. The van der Waals surface area contributed by atoms with E-state index in [2.05, 4.69) is 4.98 Å². The molecule has 21 heavy (non-hydrogen) atoms. The summed E-state index contributed by atoms with van der Waals surface area (Å²) >= 11 is 0.830. The van der Waals surface area contributed by atoms with Gasteiger partial charge in [0.15, 0.2) is 0 Å². The molecule has 2 aromatic rings. The molecule has 0 unspecified atom stereocenters. The highest BCUT2D eigenvalue weighted by molar-refractivity contribution is 7.99. The van der Waals surface area contributed by atoms with E-state index >= 15 is 0 Å². The van der Waals surface area contributed by atoms with Crippen molar-refractivity contribution in [2.24, 2.45) is 0 Å². The average Bonchev–Trinajstić information content (AvgIpc) is 2.37. The van der Waals surface area contributed by atoms with Gasteiger partial charge in [-0.1, -0.05) is 11.8 Å². The Hall–Kier alpha value is -2.16. The molecular formula is C12H6F4N2O2S. The maximum atomic E-state index is 13.2. The molecule has 0 fully saturated rings. The van der Waals surface area contributed by atoms with E-state index in [-0.39, 0.29) is 9.92 Å². The SMILES string of the molecule is O=[N+]([O-])c1cc(F)cc(Sc2ccc(C(F)(F)F)cn2)c1. The summed E-state index contributed by atoms with van der Waals surface area (Å²) in [6.45, 7) is 0. The third-order valence-corrected chi connectivity index (χ3v) is 3.28. The summed E-state index contributed by atoms with van der Waals surface area (Å²) in [5.41, 5.74) is -1.35. The van der Waals surface area contributed by atoms with Gasteiger partial charge >= 0.3 is 6.18 Å². The quantitative estimate of drug-likeness (QED) is 0.481. The lowest BCUT2D eigenvalue weighted by atomic mass is 10.3. The van der Waals surface area contributed by atoms with E-state index in [0.717, 1.165) is 42.1 Å². The van der Waals surface area contributed by atoms with Crippen LogP contribution in [0.5, 0.6) is 0 Å². The topological polar surface area (TPSA) is 56.0 Å². The Morgan fingerprint density at radius 3 is 2.43 bits per heavy atom. The first-order chi connectivity index (χ1) is 9.75. The van der Waals surface area contributed by atoms with E-state index in [1.54, 1.807) is 0 Å². The maximum Gasteiger partial charge on any atom is 0.417 e. The Morgan fingerprint density at radius 1 is 1.19 bits per heavy atom. The number of nitro benzene ring substituents is 1. The van der Waals surface area contributed by atoms with Crippen LogP contribution >= 0.6 is 11.8 Å². The van der Waals surface area contributed by atoms with Crippen LogP contribution in [0.2, 0.25) is 0 Å². The number of halogens is 4. The van der Waals surface area contributed by atoms with E-state index in [1.807, 2.05) is 0 Å². The molecule has 0 radical (unpaired) electrons. The monoisotopic (exact) mass is 318 g/mol. The average molecular weight is 318 g/mol. The molecule has 0 saturated carbocycles. The third-order valence-electron chi connectivity index (χ3n) is 2.35. The van der Waals surface area contributed by atoms with Crippen LogP contribution in [0.15, 0.2) is 46.5 Å². The molecule has 0 saturated heterocycles. The number of nitrogens with zero attached hydrogens (tertiary/aromatic N) is 2. The number of nitro groups is 1. The molecule has 0 aliphatic carbocycles. The number of non-ortho nitro benzene ring substituents is 1. The van der Waals surface area contributed by atoms with Crippen molar-refractivity contribution in [1.29, 1.82) is 0 Å². The molecule has 1 heterocycles. The van der Waals surface area contributed by atoms with Crippen molar-refractivity contribution in [3.63, 3.8) is 0 Å². The van der Waals surface area contributed by atoms with E-state index in [1.165, 1.54) is 0 Å². The Balaban J connectivity index is 2.24. The zero-order valence-electron chi connectivity index (χ0n) is 10.1. The van der Waals surface area contributed by atoms with Crippen molar-refractivity contribution in [1.82, 2.24) is 4.98 Å². The predicted octanol–water partition coefficient (Wildman–Crippen LogP) is 4.30. The summed E-state index contributed by atoms with van der Waals surface area (Å²) in [5, 5.41) is 10.8. The summed E-state index contributed by atoms with van der Waals surface area (Å²) in [5.74, 6) is -0.807. The van der Waals surface area contributed by atoms with Crippen molar-refractivity contribution in [2.75, 3.05) is 0 Å². The van der Waals surface area contributed by atoms with Crippen LogP contribution in [0.1, 0.15) is 5.56 Å². The number of rotatable bonds is 3. The molecule has 4 nitrogen and oxygen atoms in total. The van der Waals surface area contributed by atoms with Crippen LogP contribution in [0.4, 0.5) is 23.2 Å². The molecule has 2 rings (SSSR count). The second kappa shape index (κ2) is 5.68. The first kappa shape index (κ1) is 15.2. The van der Waals surface area contributed by atoms with Crippen LogP contribution < -0.4 is 0 Å². The van der Waals surface area contributed by atoms with Crippen LogP contribution in [-0.4, -0.2) is 9.91 Å². The molecule has 0 spiro atoms. The lowest BCUT2D eigenvalue weighted by Gasteiger charge is -2.06. The fourth-order valence-electron chi connectivity index (χ4n) is 1.44. The van der Waals surface area contributed by atoms with Gasteiger partial charge in [-0.05, 0) is 18.2 Å². The van der Waals surface area contributed by atoms with Crippen molar-refractivity contribution in [3.05, 3.63) is 58.0 Å². The van der Waals surface area contributed by atoms with Crippen molar-refractivity contribution in [2.45, 2.75) is 16.1 Å². The van der Waals surface area contributed by atoms with E-state index in [4.69, 9.17) is 0 Å². The number of benzene rings is 1. The smallest absolute Gasteiger partial charge is 0.258 e. The molecule has 0 bridgehead atoms. The molecule has 1 aromatic carbocycles. The molecule has 110 valence electrons. The van der Waals surface area contributed by atoms with Gasteiger partial charge in [0.05, 0.1) is 16.6 Å². The fourth-order valence-corrected chi connectivity index (χ4v) is 2.28. The summed E-state index contributed by atoms with van der Waals surface area (Å²) in [4.78, 5) is 13.6. The molecule has 9 heteroatoms. The summed E-state index contributed by atoms with van der Waals surface area (Å²) in [7, 11) is 0. The predicted molar refractivity (Wildman–Crippen MR) is 66.4 cm³/mol. The molecule has 0 atom stereocenters. The number of hydrogen-bond acceptors (Lipinski definition) is 4. The minimum absolute atomic E-state index is 0.169. The van der Waals surface area contributed by atoms with Crippen LogP contribution in [0, 0.1) is 15.9 Å². The Kier molecular flexibility index (Phi) is 4.12. The second-order valence-corrected chi connectivity index (χ2v) is 4.98. The van der Waals surface area contributed by atoms with Gasteiger partial charge in [0.25, 0.3) is 5.69 Å². The zero-order chi connectivity index (χ0) is 15.6. The van der Waals surface area contributed by atoms with Crippen LogP contribution in [0.25, 0.3) is 0 Å². The van der Waals surface area contributed by atoms with Gasteiger partial charge in [0.2, 0.25) is 0 Å². The van der Waals surface area contributed by atoms with E-state index in [9.17, 15) is 27.7 Å². The highest BCUT2D eigenvalue weighted by Gasteiger charge is 2.30. The van der Waals surface area contributed by atoms with Gasteiger partial charge in [-0.25, -0.2) is 9.37 Å². The largest absolute Gasteiger partial charge is 0.417 e. The number of aromatic nitrogens is 1. The normalized spacial score (nSPS) is 11.4. The first-order valence-corrected chi connectivity index (χ1v) is 6.23. The van der Waals surface area contributed by atoms with Gasteiger partial charge in [0, 0.05) is 17.2 Å². The molecular weight excluding hydrogens is 312 g/mol. The Labute approximate surface area is 120 Å². The lowest BCUT2D eigenvalue weighted by Crippen LogP contribution is -2.05. The molecule has 0 aliphatic rings. The fraction of sp³-hybridized carbons (Fsp3) is 0.0833. The summed E-state index contributed by atoms with van der Waals surface area (Å²) in [6.07, 6.45) is -3.84. The van der Waals surface area contributed by atoms with Crippen LogP contribution in [-0.2, 0) is 6.18 Å². The van der Waals surface area contributed by atoms with Gasteiger partial charge < -0.3 is 0 Å². The summed E-state index contributed by atoms with van der Waals surface area (Å²) < 4.78 is 50.3. The lowest BCUT2D eigenvalue weighted by molar-refractivity contribution is -0.385. The minimum Gasteiger partial charge on any atom is -0.258 e. The van der Waals surface area contributed by atoms with Crippen LogP contribution in [0.3, 0.4) is 0 Å². The second-order valence-electron chi connectivity index (χ2n) is 3.89. The number of alkyl halides is 3. The third kappa shape index (κ3) is 3.91. The molecule has 0 aliphatic heterocycles. The molecule has 0 N–H and O–H groups in total. The maximum absolute atomic E-state index is 13.2. The van der Waals surface area contributed by atoms with Gasteiger partial charge in [-0.15, -0.1) is 0 Å². The van der Waals surface area contributed by atoms with Gasteiger partial charge in [0.1, 0.15) is 10.8 Å². The Morgan fingerprint density at radius 2 is 1.90 bits per heavy atom. The van der Waals surface area contributed by atoms with Gasteiger partial charge in [-0.3, -0.25) is 10.1 Å². The van der Waals surface area contributed by atoms with Crippen molar-refractivity contribution >= 4 is 17.4 Å². The first-order valence-electron chi connectivity index (χ1n) is 5.42. The van der Waals surface area contributed by atoms with Gasteiger partial charge in [-0.2, -0.15) is 13.2 Å². The summed E-state index contributed by atoms with van der Waals surface area (Å²) in [6, 6.07) is 4.86. The number of hydrogen-bond donors (Lipinski definition) is 0. The van der Waals surface area contributed by atoms with E-state index in [0.29, 0.717) is 6.20 Å². The highest BCUT2D eigenvalue weighted by Crippen LogP contribution is 2.32. The Bertz CT molecular complexity index is 674. The number of pyridine rings is 1. The standard InChI is InChI=1S/C12H6F4N2O2S/c13-8-3-9(18(19)20)5-10(4-8)21-11-2-1-7(6-17-11)12(14,15)16/h1-6H.